The maximum absolute atomic E-state index is 12.1. The Morgan fingerprint density at radius 1 is 1.43 bits per heavy atom. The summed E-state index contributed by atoms with van der Waals surface area (Å²) in [6.07, 6.45) is 4.97. The standard InChI is InChI=1S/C17H26N2O2/c1-3-5-16(13-8-9-13)19-15-7-4-6-14(12(15)2)17(21)18-10-11-20/h4,6-7,13,16,19-20H,3,5,8-11H2,1-2H3,(H,18,21). The molecule has 21 heavy (non-hydrogen) atoms. The number of hydrogen-bond acceptors (Lipinski definition) is 3. The van der Waals surface area contributed by atoms with Crippen LogP contribution in [0.5, 0.6) is 0 Å². The van der Waals surface area contributed by atoms with E-state index >= 15 is 0 Å². The number of benzene rings is 1. The molecule has 116 valence electrons. The predicted octanol–water partition coefficient (Wildman–Crippen LogP) is 2.71. The van der Waals surface area contributed by atoms with Crippen LogP contribution in [0.1, 0.15) is 48.5 Å². The number of amides is 1. The monoisotopic (exact) mass is 290 g/mol. The van der Waals surface area contributed by atoms with Crippen molar-refractivity contribution in [2.24, 2.45) is 5.92 Å². The normalized spacial score (nSPS) is 15.6. The molecule has 1 unspecified atom stereocenters. The van der Waals surface area contributed by atoms with Crippen LogP contribution in [0.25, 0.3) is 0 Å². The van der Waals surface area contributed by atoms with Gasteiger partial charge in [-0.2, -0.15) is 0 Å². The van der Waals surface area contributed by atoms with E-state index in [1.165, 1.54) is 25.7 Å². The van der Waals surface area contributed by atoms with Crippen LogP contribution in [0.15, 0.2) is 18.2 Å². The third kappa shape index (κ3) is 4.21. The Morgan fingerprint density at radius 3 is 2.81 bits per heavy atom. The minimum Gasteiger partial charge on any atom is -0.395 e. The van der Waals surface area contributed by atoms with Crippen molar-refractivity contribution in [3.8, 4) is 0 Å². The third-order valence-corrected chi connectivity index (χ3v) is 4.11. The summed E-state index contributed by atoms with van der Waals surface area (Å²) < 4.78 is 0. The smallest absolute Gasteiger partial charge is 0.251 e. The fourth-order valence-electron chi connectivity index (χ4n) is 2.74. The van der Waals surface area contributed by atoms with Gasteiger partial charge in [0.15, 0.2) is 0 Å². The maximum atomic E-state index is 12.1. The minimum atomic E-state index is -0.122. The van der Waals surface area contributed by atoms with Crippen molar-refractivity contribution in [1.82, 2.24) is 5.32 Å². The van der Waals surface area contributed by atoms with Crippen molar-refractivity contribution in [3.05, 3.63) is 29.3 Å². The molecule has 1 aliphatic carbocycles. The van der Waals surface area contributed by atoms with Gasteiger partial charge in [-0.1, -0.05) is 19.4 Å². The Labute approximate surface area is 126 Å². The molecule has 0 spiro atoms. The minimum absolute atomic E-state index is 0.0387. The van der Waals surface area contributed by atoms with Crippen molar-refractivity contribution in [3.63, 3.8) is 0 Å². The summed E-state index contributed by atoms with van der Waals surface area (Å²) in [6, 6.07) is 6.31. The molecule has 0 bridgehead atoms. The SMILES string of the molecule is CCCC(Nc1cccc(C(=O)NCCO)c1C)C1CC1. The second-order valence-electron chi connectivity index (χ2n) is 5.83. The number of carbonyl (C=O) groups is 1. The van der Waals surface area contributed by atoms with Gasteiger partial charge in [-0.15, -0.1) is 0 Å². The van der Waals surface area contributed by atoms with E-state index in [-0.39, 0.29) is 19.1 Å². The van der Waals surface area contributed by atoms with Gasteiger partial charge < -0.3 is 15.7 Å². The molecule has 3 N–H and O–H groups in total. The van der Waals surface area contributed by atoms with Gasteiger partial charge in [-0.3, -0.25) is 4.79 Å². The Hall–Kier alpha value is -1.55. The lowest BCUT2D eigenvalue weighted by Crippen LogP contribution is -2.28. The van der Waals surface area contributed by atoms with Gasteiger partial charge in [0, 0.05) is 23.8 Å². The first-order valence-corrected chi connectivity index (χ1v) is 7.92. The van der Waals surface area contributed by atoms with Crippen molar-refractivity contribution >= 4 is 11.6 Å². The van der Waals surface area contributed by atoms with Crippen LogP contribution in [0.2, 0.25) is 0 Å². The molecule has 4 nitrogen and oxygen atoms in total. The van der Waals surface area contributed by atoms with E-state index in [2.05, 4.69) is 17.6 Å². The van der Waals surface area contributed by atoms with E-state index in [1.807, 2.05) is 25.1 Å². The number of rotatable bonds is 8. The summed E-state index contributed by atoms with van der Waals surface area (Å²) in [6.45, 7) is 4.44. The number of anilines is 1. The molecule has 0 aliphatic heterocycles. The topological polar surface area (TPSA) is 61.4 Å². The molecule has 4 heteroatoms. The maximum Gasteiger partial charge on any atom is 0.251 e. The fraction of sp³-hybridized carbons (Fsp3) is 0.588. The van der Waals surface area contributed by atoms with Crippen LogP contribution in [-0.4, -0.2) is 30.2 Å². The number of hydrogen-bond donors (Lipinski definition) is 3. The average molecular weight is 290 g/mol. The summed E-state index contributed by atoms with van der Waals surface area (Å²) in [5.74, 6) is 0.667. The van der Waals surface area contributed by atoms with E-state index in [0.717, 1.165) is 17.2 Å². The van der Waals surface area contributed by atoms with E-state index in [9.17, 15) is 4.79 Å². The Morgan fingerprint density at radius 2 is 2.19 bits per heavy atom. The molecular formula is C17H26N2O2. The van der Waals surface area contributed by atoms with Crippen LogP contribution in [-0.2, 0) is 0 Å². The van der Waals surface area contributed by atoms with Crippen LogP contribution >= 0.6 is 0 Å². The molecule has 0 radical (unpaired) electrons. The zero-order valence-electron chi connectivity index (χ0n) is 13.0. The largest absolute Gasteiger partial charge is 0.395 e. The summed E-state index contributed by atoms with van der Waals surface area (Å²) >= 11 is 0. The van der Waals surface area contributed by atoms with E-state index in [1.54, 1.807) is 0 Å². The summed E-state index contributed by atoms with van der Waals surface area (Å²) in [5.41, 5.74) is 2.71. The molecule has 1 fully saturated rings. The van der Waals surface area contributed by atoms with Gasteiger partial charge in [-0.25, -0.2) is 0 Å². The molecule has 0 aromatic heterocycles. The highest BCUT2D eigenvalue weighted by atomic mass is 16.3. The van der Waals surface area contributed by atoms with E-state index < -0.39 is 0 Å². The van der Waals surface area contributed by atoms with Gasteiger partial charge in [0.2, 0.25) is 0 Å². The second-order valence-corrected chi connectivity index (χ2v) is 5.83. The summed E-state index contributed by atoms with van der Waals surface area (Å²) in [5, 5.41) is 15.2. The van der Waals surface area contributed by atoms with Gasteiger partial charge >= 0.3 is 0 Å². The first-order valence-electron chi connectivity index (χ1n) is 7.92. The number of aliphatic hydroxyl groups excluding tert-OH is 1. The van der Waals surface area contributed by atoms with Gasteiger partial charge in [0.05, 0.1) is 6.61 Å². The quantitative estimate of drug-likeness (QED) is 0.690. The Balaban J connectivity index is 2.10. The summed E-state index contributed by atoms with van der Waals surface area (Å²) in [7, 11) is 0. The van der Waals surface area contributed by atoms with Gasteiger partial charge in [0.25, 0.3) is 5.91 Å². The van der Waals surface area contributed by atoms with Crippen molar-refractivity contribution in [2.75, 3.05) is 18.5 Å². The zero-order valence-corrected chi connectivity index (χ0v) is 13.0. The Kier molecular flexibility index (Phi) is 5.62. The summed E-state index contributed by atoms with van der Waals surface area (Å²) in [4.78, 5) is 12.1. The van der Waals surface area contributed by atoms with Crippen molar-refractivity contribution in [2.45, 2.75) is 45.6 Å². The van der Waals surface area contributed by atoms with Crippen molar-refractivity contribution < 1.29 is 9.90 Å². The first-order chi connectivity index (χ1) is 10.2. The molecule has 0 heterocycles. The average Bonchev–Trinajstić information content (AvgIpc) is 3.31. The molecule has 2 rings (SSSR count). The molecule has 1 atom stereocenters. The van der Waals surface area contributed by atoms with Crippen LogP contribution in [0, 0.1) is 12.8 Å². The molecule has 1 aromatic rings. The van der Waals surface area contributed by atoms with E-state index in [0.29, 0.717) is 11.6 Å². The number of nitrogens with one attached hydrogen (secondary N) is 2. The molecule has 0 saturated heterocycles. The predicted molar refractivity (Wildman–Crippen MR) is 85.6 cm³/mol. The van der Waals surface area contributed by atoms with Crippen LogP contribution in [0.3, 0.4) is 0 Å². The van der Waals surface area contributed by atoms with Gasteiger partial charge in [0.1, 0.15) is 0 Å². The Bertz CT molecular complexity index is 484. The highest BCUT2D eigenvalue weighted by molar-refractivity contribution is 5.97. The highest BCUT2D eigenvalue weighted by Crippen LogP contribution is 2.36. The fourth-order valence-corrected chi connectivity index (χ4v) is 2.74. The lowest BCUT2D eigenvalue weighted by Gasteiger charge is -2.21. The van der Waals surface area contributed by atoms with E-state index in [4.69, 9.17) is 5.11 Å². The first kappa shape index (κ1) is 15.8. The third-order valence-electron chi connectivity index (χ3n) is 4.11. The molecule has 1 aliphatic rings. The molecular weight excluding hydrogens is 264 g/mol. The number of aliphatic hydroxyl groups is 1. The molecule has 1 aromatic carbocycles. The lowest BCUT2D eigenvalue weighted by molar-refractivity contribution is 0.0944. The van der Waals surface area contributed by atoms with Crippen molar-refractivity contribution in [1.29, 1.82) is 0 Å². The molecule has 1 amide bonds. The second kappa shape index (κ2) is 7.46. The highest BCUT2D eigenvalue weighted by Gasteiger charge is 2.30. The zero-order chi connectivity index (χ0) is 15.2. The van der Waals surface area contributed by atoms with Gasteiger partial charge in [-0.05, 0) is 49.8 Å². The molecule has 1 saturated carbocycles. The lowest BCUT2D eigenvalue weighted by atomic mass is 10.0. The van der Waals surface area contributed by atoms with Crippen LogP contribution in [0.4, 0.5) is 5.69 Å². The van der Waals surface area contributed by atoms with Crippen LogP contribution < -0.4 is 10.6 Å². The number of carbonyl (C=O) groups excluding carboxylic acids is 1.